The van der Waals surface area contributed by atoms with Crippen molar-refractivity contribution in [2.45, 2.75) is 0 Å². The van der Waals surface area contributed by atoms with Crippen LogP contribution in [0.1, 0.15) is 0 Å². The third kappa shape index (κ3) is 1.81. The molecule has 0 aromatic heterocycles. The molecule has 0 radical (unpaired) electrons. The van der Waals surface area contributed by atoms with Crippen LogP contribution in [0.4, 0.5) is 22.7 Å². The van der Waals surface area contributed by atoms with E-state index in [0.29, 0.717) is 22.2 Å². The van der Waals surface area contributed by atoms with Crippen molar-refractivity contribution < 1.29 is 9.66 Å². The molecule has 1 aliphatic rings. The fourth-order valence-corrected chi connectivity index (χ4v) is 2.33. The van der Waals surface area contributed by atoms with E-state index in [0.717, 1.165) is 5.69 Å². The highest BCUT2D eigenvalue weighted by Crippen LogP contribution is 2.49. The zero-order valence-corrected chi connectivity index (χ0v) is 11.2. The van der Waals surface area contributed by atoms with E-state index in [4.69, 9.17) is 22.1 Å². The monoisotopic (exact) mass is 291 g/mol. The van der Waals surface area contributed by atoms with Gasteiger partial charge >= 0.3 is 0 Å². The molecule has 2 N–H and O–H groups in total. The summed E-state index contributed by atoms with van der Waals surface area (Å²) in [6, 6.07) is 8.04. The SMILES string of the molecule is CN1c2cc(Cl)ccc2Oc2cc([N+](=O)[O-])c(N)cc21. The quantitative estimate of drug-likeness (QED) is 0.492. The summed E-state index contributed by atoms with van der Waals surface area (Å²) in [4.78, 5) is 12.2. The molecule has 0 saturated heterocycles. The van der Waals surface area contributed by atoms with Crippen molar-refractivity contribution in [2.24, 2.45) is 0 Å². The van der Waals surface area contributed by atoms with E-state index in [1.807, 2.05) is 11.9 Å². The van der Waals surface area contributed by atoms with Gasteiger partial charge in [0.05, 0.1) is 22.4 Å². The molecule has 7 heteroatoms. The minimum absolute atomic E-state index is 0.0923. The van der Waals surface area contributed by atoms with Gasteiger partial charge in [-0.05, 0) is 24.3 Å². The lowest BCUT2D eigenvalue weighted by atomic mass is 10.1. The first kappa shape index (κ1) is 12.6. The summed E-state index contributed by atoms with van der Waals surface area (Å²) < 4.78 is 5.69. The predicted octanol–water partition coefficient (Wildman–Crippen LogP) is 3.70. The van der Waals surface area contributed by atoms with Gasteiger partial charge in [0.2, 0.25) is 0 Å². The molecule has 0 atom stereocenters. The van der Waals surface area contributed by atoms with Gasteiger partial charge in [-0.1, -0.05) is 11.6 Å². The Balaban J connectivity index is 2.17. The van der Waals surface area contributed by atoms with E-state index in [-0.39, 0.29) is 11.4 Å². The molecular weight excluding hydrogens is 282 g/mol. The highest BCUT2D eigenvalue weighted by Gasteiger charge is 2.26. The molecule has 3 rings (SSSR count). The van der Waals surface area contributed by atoms with Crippen LogP contribution >= 0.6 is 11.6 Å². The number of nitrogens with zero attached hydrogens (tertiary/aromatic N) is 2. The van der Waals surface area contributed by atoms with E-state index in [2.05, 4.69) is 0 Å². The second-order valence-electron chi connectivity index (χ2n) is 4.41. The molecule has 1 aliphatic heterocycles. The Labute approximate surface area is 119 Å². The number of ether oxygens (including phenoxy) is 1. The Morgan fingerprint density at radius 3 is 2.65 bits per heavy atom. The average Bonchev–Trinajstić information content (AvgIpc) is 2.40. The van der Waals surface area contributed by atoms with Crippen molar-refractivity contribution in [1.82, 2.24) is 0 Å². The topological polar surface area (TPSA) is 81.6 Å². The van der Waals surface area contributed by atoms with Gasteiger partial charge in [0.1, 0.15) is 5.69 Å². The number of nitro groups is 1. The fourth-order valence-electron chi connectivity index (χ4n) is 2.16. The van der Waals surface area contributed by atoms with Crippen LogP contribution in [-0.2, 0) is 0 Å². The molecule has 0 spiro atoms. The smallest absolute Gasteiger partial charge is 0.295 e. The van der Waals surface area contributed by atoms with Gasteiger partial charge in [-0.15, -0.1) is 0 Å². The summed E-state index contributed by atoms with van der Waals surface area (Å²) in [5.74, 6) is 0.978. The van der Waals surface area contributed by atoms with Gasteiger partial charge in [0, 0.05) is 12.1 Å². The molecule has 0 fully saturated rings. The standard InChI is InChI=1S/C13H10ClN3O3/c1-16-10-4-7(14)2-3-12(10)20-13-6-9(17(18)19)8(15)5-11(13)16/h2-6H,15H2,1H3. The lowest BCUT2D eigenvalue weighted by Crippen LogP contribution is -2.16. The number of fused-ring (bicyclic) bond motifs is 2. The van der Waals surface area contributed by atoms with Gasteiger partial charge < -0.3 is 15.4 Å². The number of benzene rings is 2. The van der Waals surface area contributed by atoms with Crippen molar-refractivity contribution in [3.8, 4) is 11.5 Å². The minimum atomic E-state index is -0.531. The second-order valence-corrected chi connectivity index (χ2v) is 4.85. The first-order valence-corrected chi connectivity index (χ1v) is 6.14. The van der Waals surface area contributed by atoms with E-state index in [1.54, 1.807) is 18.2 Å². The Bertz CT molecular complexity index is 733. The van der Waals surface area contributed by atoms with Crippen molar-refractivity contribution in [3.05, 3.63) is 45.5 Å². The van der Waals surface area contributed by atoms with E-state index in [9.17, 15) is 10.1 Å². The molecular formula is C13H10ClN3O3. The summed E-state index contributed by atoms with van der Waals surface area (Å²) in [6.07, 6.45) is 0. The Morgan fingerprint density at radius 2 is 1.95 bits per heavy atom. The van der Waals surface area contributed by atoms with E-state index >= 15 is 0 Å². The summed E-state index contributed by atoms with van der Waals surface area (Å²) in [5, 5.41) is 11.5. The lowest BCUT2D eigenvalue weighted by Gasteiger charge is -2.29. The predicted molar refractivity (Wildman–Crippen MR) is 77.1 cm³/mol. The van der Waals surface area contributed by atoms with Gasteiger partial charge in [0.15, 0.2) is 11.5 Å². The second kappa shape index (κ2) is 4.28. The van der Waals surface area contributed by atoms with Gasteiger partial charge in [-0.2, -0.15) is 0 Å². The van der Waals surface area contributed by atoms with E-state index < -0.39 is 4.92 Å². The summed E-state index contributed by atoms with van der Waals surface area (Å²) in [6.45, 7) is 0. The zero-order valence-electron chi connectivity index (χ0n) is 10.5. The summed E-state index contributed by atoms with van der Waals surface area (Å²) >= 11 is 5.97. The molecule has 0 saturated carbocycles. The van der Waals surface area contributed by atoms with Crippen molar-refractivity contribution >= 4 is 34.4 Å². The number of nitro benzene ring substituents is 1. The maximum Gasteiger partial charge on any atom is 0.295 e. The lowest BCUT2D eigenvalue weighted by molar-refractivity contribution is -0.383. The van der Waals surface area contributed by atoms with Gasteiger partial charge in [-0.3, -0.25) is 10.1 Å². The van der Waals surface area contributed by atoms with E-state index in [1.165, 1.54) is 12.1 Å². The molecule has 1 heterocycles. The number of nitrogens with two attached hydrogens (primary N) is 1. The molecule has 0 amide bonds. The number of nitrogen functional groups attached to an aromatic ring is 1. The van der Waals surface area contributed by atoms with Crippen LogP contribution in [0, 0.1) is 10.1 Å². The maximum absolute atomic E-state index is 10.9. The highest BCUT2D eigenvalue weighted by molar-refractivity contribution is 6.31. The number of hydrogen-bond acceptors (Lipinski definition) is 5. The Morgan fingerprint density at radius 1 is 1.25 bits per heavy atom. The molecule has 0 bridgehead atoms. The molecule has 0 aliphatic carbocycles. The molecule has 0 unspecified atom stereocenters. The number of anilines is 3. The minimum Gasteiger partial charge on any atom is -0.453 e. The van der Waals surface area contributed by atoms with Crippen LogP contribution in [0.3, 0.4) is 0 Å². The van der Waals surface area contributed by atoms with Gasteiger partial charge in [-0.25, -0.2) is 0 Å². The Hall–Kier alpha value is -2.47. The average molecular weight is 292 g/mol. The third-order valence-corrected chi connectivity index (χ3v) is 3.40. The van der Waals surface area contributed by atoms with Crippen LogP contribution in [0.2, 0.25) is 5.02 Å². The molecule has 6 nitrogen and oxygen atoms in total. The van der Waals surface area contributed by atoms with Crippen molar-refractivity contribution in [1.29, 1.82) is 0 Å². The number of rotatable bonds is 1. The number of hydrogen-bond donors (Lipinski definition) is 1. The molecule has 102 valence electrons. The zero-order chi connectivity index (χ0) is 14.4. The van der Waals surface area contributed by atoms with Crippen LogP contribution in [0.15, 0.2) is 30.3 Å². The summed E-state index contributed by atoms with van der Waals surface area (Å²) in [5.41, 5.74) is 7.06. The van der Waals surface area contributed by atoms with Crippen LogP contribution in [0.5, 0.6) is 11.5 Å². The Kier molecular flexibility index (Phi) is 2.69. The van der Waals surface area contributed by atoms with Crippen LogP contribution in [0.25, 0.3) is 0 Å². The fraction of sp³-hybridized carbons (Fsp3) is 0.0769. The van der Waals surface area contributed by atoms with Crippen LogP contribution in [-0.4, -0.2) is 12.0 Å². The maximum atomic E-state index is 10.9. The number of halogens is 1. The normalized spacial score (nSPS) is 12.4. The van der Waals surface area contributed by atoms with Crippen molar-refractivity contribution in [3.63, 3.8) is 0 Å². The molecule has 2 aromatic carbocycles. The van der Waals surface area contributed by atoms with Crippen LogP contribution < -0.4 is 15.4 Å². The highest BCUT2D eigenvalue weighted by atomic mass is 35.5. The third-order valence-electron chi connectivity index (χ3n) is 3.17. The molecule has 2 aromatic rings. The summed E-state index contributed by atoms with van der Waals surface area (Å²) in [7, 11) is 1.82. The van der Waals surface area contributed by atoms with Gasteiger partial charge in [0.25, 0.3) is 5.69 Å². The largest absolute Gasteiger partial charge is 0.453 e. The van der Waals surface area contributed by atoms with Crippen molar-refractivity contribution in [2.75, 3.05) is 17.7 Å². The molecule has 20 heavy (non-hydrogen) atoms. The first-order valence-electron chi connectivity index (χ1n) is 5.76. The first-order chi connectivity index (χ1) is 9.47.